The SMILES string of the molecule is CC(c1c(F)cccc1F)N(C)C. The maximum absolute atomic E-state index is 13.2. The molecule has 0 heterocycles. The lowest BCUT2D eigenvalue weighted by atomic mass is 10.1. The fourth-order valence-electron chi connectivity index (χ4n) is 1.17. The largest absolute Gasteiger partial charge is 0.302 e. The molecule has 0 aliphatic carbocycles. The first-order valence-electron chi connectivity index (χ1n) is 4.14. The Labute approximate surface area is 77.0 Å². The number of hydrogen-bond donors (Lipinski definition) is 0. The third-order valence-electron chi connectivity index (χ3n) is 2.19. The Bertz CT molecular complexity index is 277. The number of benzene rings is 1. The predicted octanol–water partition coefficient (Wildman–Crippen LogP) is 2.59. The van der Waals surface area contributed by atoms with Crippen molar-refractivity contribution in [2.24, 2.45) is 0 Å². The van der Waals surface area contributed by atoms with E-state index in [1.807, 2.05) is 0 Å². The second-order valence-corrected chi connectivity index (χ2v) is 3.27. The van der Waals surface area contributed by atoms with Gasteiger partial charge in [0.05, 0.1) is 0 Å². The van der Waals surface area contributed by atoms with E-state index in [1.165, 1.54) is 18.2 Å². The van der Waals surface area contributed by atoms with Crippen LogP contribution in [-0.2, 0) is 0 Å². The molecule has 0 saturated carbocycles. The molecule has 0 saturated heterocycles. The number of halogens is 2. The van der Waals surface area contributed by atoms with E-state index in [0.29, 0.717) is 0 Å². The molecule has 13 heavy (non-hydrogen) atoms. The Hall–Kier alpha value is -0.960. The van der Waals surface area contributed by atoms with E-state index in [-0.39, 0.29) is 11.6 Å². The van der Waals surface area contributed by atoms with Crippen LogP contribution in [-0.4, -0.2) is 19.0 Å². The van der Waals surface area contributed by atoms with Gasteiger partial charge in [0.1, 0.15) is 11.6 Å². The zero-order valence-electron chi connectivity index (χ0n) is 8.01. The average molecular weight is 185 g/mol. The van der Waals surface area contributed by atoms with Crippen LogP contribution in [0.4, 0.5) is 8.78 Å². The van der Waals surface area contributed by atoms with Gasteiger partial charge in [0, 0.05) is 11.6 Å². The lowest BCUT2D eigenvalue weighted by molar-refractivity contribution is 0.304. The van der Waals surface area contributed by atoms with Crippen LogP contribution in [0.5, 0.6) is 0 Å². The molecule has 0 amide bonds. The fraction of sp³-hybridized carbons (Fsp3) is 0.400. The van der Waals surface area contributed by atoms with Crippen molar-refractivity contribution in [3.8, 4) is 0 Å². The minimum Gasteiger partial charge on any atom is -0.302 e. The van der Waals surface area contributed by atoms with Crippen LogP contribution in [0.15, 0.2) is 18.2 Å². The van der Waals surface area contributed by atoms with Crippen LogP contribution in [0.1, 0.15) is 18.5 Å². The van der Waals surface area contributed by atoms with E-state index in [9.17, 15) is 8.78 Å². The number of nitrogens with zero attached hydrogens (tertiary/aromatic N) is 1. The summed E-state index contributed by atoms with van der Waals surface area (Å²) in [6.07, 6.45) is 0. The van der Waals surface area contributed by atoms with Gasteiger partial charge in [0.25, 0.3) is 0 Å². The Morgan fingerprint density at radius 3 is 2.00 bits per heavy atom. The Morgan fingerprint density at radius 2 is 1.62 bits per heavy atom. The third-order valence-corrected chi connectivity index (χ3v) is 2.19. The summed E-state index contributed by atoms with van der Waals surface area (Å²) >= 11 is 0. The summed E-state index contributed by atoms with van der Waals surface area (Å²) in [5, 5.41) is 0. The molecule has 0 aromatic heterocycles. The van der Waals surface area contributed by atoms with Gasteiger partial charge in [0.2, 0.25) is 0 Å². The van der Waals surface area contributed by atoms with Gasteiger partial charge < -0.3 is 4.90 Å². The highest BCUT2D eigenvalue weighted by molar-refractivity contribution is 5.22. The molecule has 0 N–H and O–H groups in total. The molecule has 3 heteroatoms. The minimum atomic E-state index is -0.485. The Kier molecular flexibility index (Phi) is 2.98. The molecular formula is C10H13F2N. The van der Waals surface area contributed by atoms with Crippen molar-refractivity contribution < 1.29 is 8.78 Å². The van der Waals surface area contributed by atoms with Crippen molar-refractivity contribution in [1.82, 2.24) is 4.90 Å². The maximum atomic E-state index is 13.2. The average Bonchev–Trinajstić information content (AvgIpc) is 2.03. The highest BCUT2D eigenvalue weighted by atomic mass is 19.1. The molecular weight excluding hydrogens is 172 g/mol. The molecule has 0 aliphatic heterocycles. The molecule has 1 unspecified atom stereocenters. The quantitative estimate of drug-likeness (QED) is 0.684. The first kappa shape index (κ1) is 10.1. The van der Waals surface area contributed by atoms with Crippen molar-refractivity contribution in [2.45, 2.75) is 13.0 Å². The first-order valence-corrected chi connectivity index (χ1v) is 4.14. The molecule has 1 atom stereocenters. The Balaban J connectivity index is 3.12. The molecule has 1 aromatic rings. The molecule has 0 bridgehead atoms. The van der Waals surface area contributed by atoms with Gasteiger partial charge in [0.15, 0.2) is 0 Å². The summed E-state index contributed by atoms with van der Waals surface area (Å²) in [7, 11) is 3.58. The Morgan fingerprint density at radius 1 is 1.15 bits per heavy atom. The monoisotopic (exact) mass is 185 g/mol. The van der Waals surface area contributed by atoms with Gasteiger partial charge in [-0.2, -0.15) is 0 Å². The van der Waals surface area contributed by atoms with Crippen molar-refractivity contribution in [1.29, 1.82) is 0 Å². The second-order valence-electron chi connectivity index (χ2n) is 3.27. The van der Waals surface area contributed by atoms with E-state index < -0.39 is 11.6 Å². The van der Waals surface area contributed by atoms with Crippen LogP contribution in [0.2, 0.25) is 0 Å². The summed E-state index contributed by atoms with van der Waals surface area (Å²) in [6, 6.07) is 3.68. The first-order chi connectivity index (χ1) is 6.04. The van der Waals surface area contributed by atoms with E-state index in [0.717, 1.165) is 0 Å². The predicted molar refractivity (Wildman–Crippen MR) is 48.5 cm³/mol. The molecule has 72 valence electrons. The van der Waals surface area contributed by atoms with Crippen LogP contribution >= 0.6 is 0 Å². The molecule has 1 nitrogen and oxygen atoms in total. The van der Waals surface area contributed by atoms with Crippen molar-refractivity contribution in [3.05, 3.63) is 35.4 Å². The lowest BCUT2D eigenvalue weighted by Gasteiger charge is -2.20. The van der Waals surface area contributed by atoms with Gasteiger partial charge in [-0.1, -0.05) is 6.07 Å². The molecule has 1 aromatic carbocycles. The van der Waals surface area contributed by atoms with E-state index in [2.05, 4.69) is 0 Å². The lowest BCUT2D eigenvalue weighted by Crippen LogP contribution is -2.19. The van der Waals surface area contributed by atoms with E-state index in [4.69, 9.17) is 0 Å². The second kappa shape index (κ2) is 3.83. The van der Waals surface area contributed by atoms with Gasteiger partial charge in [-0.25, -0.2) is 8.78 Å². The van der Waals surface area contributed by atoms with Gasteiger partial charge in [-0.15, -0.1) is 0 Å². The number of hydrogen-bond acceptors (Lipinski definition) is 1. The summed E-state index contributed by atoms with van der Waals surface area (Å²) in [5.74, 6) is -0.970. The summed E-state index contributed by atoms with van der Waals surface area (Å²) in [5.41, 5.74) is 0.132. The molecule has 0 spiro atoms. The van der Waals surface area contributed by atoms with Crippen LogP contribution in [0.25, 0.3) is 0 Å². The highest BCUT2D eigenvalue weighted by Gasteiger charge is 2.16. The number of rotatable bonds is 2. The maximum Gasteiger partial charge on any atom is 0.130 e. The highest BCUT2D eigenvalue weighted by Crippen LogP contribution is 2.23. The summed E-state index contributed by atoms with van der Waals surface area (Å²) in [6.45, 7) is 1.77. The zero-order chi connectivity index (χ0) is 10.0. The van der Waals surface area contributed by atoms with Gasteiger partial charge in [-0.05, 0) is 33.2 Å². The molecule has 0 fully saturated rings. The summed E-state index contributed by atoms with van der Waals surface area (Å²) in [4.78, 5) is 1.77. The van der Waals surface area contributed by atoms with Crippen molar-refractivity contribution in [2.75, 3.05) is 14.1 Å². The van der Waals surface area contributed by atoms with Crippen molar-refractivity contribution in [3.63, 3.8) is 0 Å². The molecule has 0 radical (unpaired) electrons. The molecule has 1 rings (SSSR count). The van der Waals surface area contributed by atoms with E-state index in [1.54, 1.807) is 25.9 Å². The van der Waals surface area contributed by atoms with Gasteiger partial charge >= 0.3 is 0 Å². The minimum absolute atomic E-state index is 0.132. The van der Waals surface area contributed by atoms with Crippen LogP contribution in [0, 0.1) is 11.6 Å². The van der Waals surface area contributed by atoms with E-state index >= 15 is 0 Å². The van der Waals surface area contributed by atoms with Crippen LogP contribution < -0.4 is 0 Å². The smallest absolute Gasteiger partial charge is 0.130 e. The summed E-state index contributed by atoms with van der Waals surface area (Å²) < 4.78 is 26.4. The zero-order valence-corrected chi connectivity index (χ0v) is 8.01. The van der Waals surface area contributed by atoms with Gasteiger partial charge in [-0.3, -0.25) is 0 Å². The van der Waals surface area contributed by atoms with Crippen molar-refractivity contribution >= 4 is 0 Å². The van der Waals surface area contributed by atoms with Crippen LogP contribution in [0.3, 0.4) is 0 Å². The topological polar surface area (TPSA) is 3.24 Å². The fourth-order valence-corrected chi connectivity index (χ4v) is 1.17. The molecule has 0 aliphatic rings. The normalized spacial score (nSPS) is 13.4. The third kappa shape index (κ3) is 2.04. The standard InChI is InChI=1S/C10H13F2N/c1-7(13(2)3)10-8(11)5-4-6-9(10)12/h4-7H,1-3H3.